The van der Waals surface area contributed by atoms with Crippen LogP contribution in [0.5, 0.6) is 0 Å². The summed E-state index contributed by atoms with van der Waals surface area (Å²) in [6, 6.07) is 20.5. The van der Waals surface area contributed by atoms with Crippen LogP contribution in [0.25, 0.3) is 0 Å². The van der Waals surface area contributed by atoms with Crippen LogP contribution >= 0.6 is 0 Å². The Labute approximate surface area is 255 Å². The van der Waals surface area contributed by atoms with Gasteiger partial charge < -0.3 is 10.2 Å². The van der Waals surface area contributed by atoms with Crippen LogP contribution in [0.2, 0.25) is 0 Å². The van der Waals surface area contributed by atoms with Gasteiger partial charge in [0.25, 0.3) is 0 Å². The quantitative estimate of drug-likeness (QED) is 0.271. The summed E-state index contributed by atoms with van der Waals surface area (Å²) in [4.78, 5) is 29.4. The number of carbonyl (C=O) groups is 2. The van der Waals surface area contributed by atoms with E-state index in [1.54, 1.807) is 17.0 Å². The topological polar surface area (TPSA) is 86.8 Å². The van der Waals surface area contributed by atoms with E-state index >= 15 is 0 Å². The highest BCUT2D eigenvalue weighted by molar-refractivity contribution is 7.92. The molecule has 9 heteroatoms. The molecule has 3 aromatic carbocycles. The number of carbonyl (C=O) groups excluding carboxylic acids is 2. The highest BCUT2D eigenvalue weighted by Gasteiger charge is 2.32. The Kier molecular flexibility index (Phi) is 11.0. The summed E-state index contributed by atoms with van der Waals surface area (Å²) in [5, 5.41) is 3.18. The molecular weight excluding hydrogens is 565 g/mol. The second kappa shape index (κ2) is 14.6. The van der Waals surface area contributed by atoms with Crippen LogP contribution in [0.3, 0.4) is 0 Å². The fraction of sp³-hybridized carbons (Fsp3) is 0.412. The molecule has 0 spiro atoms. The van der Waals surface area contributed by atoms with E-state index in [1.165, 1.54) is 22.7 Å². The number of nitrogens with one attached hydrogen (secondary N) is 1. The first-order chi connectivity index (χ1) is 20.5. The lowest BCUT2D eigenvalue weighted by atomic mass is 10.0. The van der Waals surface area contributed by atoms with E-state index < -0.39 is 16.1 Å². The van der Waals surface area contributed by atoms with E-state index in [0.29, 0.717) is 17.7 Å². The van der Waals surface area contributed by atoms with Gasteiger partial charge in [0, 0.05) is 32.0 Å². The molecule has 1 aliphatic rings. The third-order valence-electron chi connectivity index (χ3n) is 8.02. The molecule has 0 radical (unpaired) electrons. The van der Waals surface area contributed by atoms with Crippen LogP contribution in [0, 0.1) is 19.7 Å². The van der Waals surface area contributed by atoms with Gasteiger partial charge in [-0.25, -0.2) is 12.8 Å². The average molecular weight is 608 g/mol. The Hall–Kier alpha value is -3.72. The molecule has 0 aromatic heterocycles. The van der Waals surface area contributed by atoms with Gasteiger partial charge in [0.1, 0.15) is 11.9 Å². The van der Waals surface area contributed by atoms with Crippen LogP contribution < -0.4 is 9.62 Å². The highest BCUT2D eigenvalue weighted by atomic mass is 32.2. The van der Waals surface area contributed by atoms with Crippen molar-refractivity contribution in [3.63, 3.8) is 0 Å². The maximum Gasteiger partial charge on any atom is 0.243 e. The van der Waals surface area contributed by atoms with Crippen molar-refractivity contribution in [2.75, 3.05) is 17.1 Å². The third-order valence-corrected chi connectivity index (χ3v) is 9.20. The molecule has 2 amide bonds. The largest absolute Gasteiger partial charge is 0.352 e. The van der Waals surface area contributed by atoms with Gasteiger partial charge in [-0.05, 0) is 73.6 Å². The smallest absolute Gasteiger partial charge is 0.243 e. The number of amides is 2. The van der Waals surface area contributed by atoms with Gasteiger partial charge >= 0.3 is 0 Å². The Morgan fingerprint density at radius 2 is 1.63 bits per heavy atom. The Morgan fingerprint density at radius 1 is 0.953 bits per heavy atom. The molecule has 0 aliphatic heterocycles. The standard InChI is InChI=1S/C34H42FN3O4S/c1-25-15-16-26(2)31(22-25)38(43(3,41)42)21-9-14-33(39)37(24-28-17-19-29(35)20-18-28)32(23-27-10-5-4-6-11-27)34(40)36-30-12-7-8-13-30/h4-6,10-11,15-20,22,30,32H,7-9,12-14,21,23-24H2,1-3H3,(H,36,40)/t32-/m1/s1. The number of anilines is 1. The molecule has 7 nitrogen and oxygen atoms in total. The number of rotatable bonds is 13. The molecule has 43 heavy (non-hydrogen) atoms. The molecule has 4 rings (SSSR count). The summed E-state index contributed by atoms with van der Waals surface area (Å²) in [6.45, 7) is 4.02. The number of hydrogen-bond donors (Lipinski definition) is 1. The van der Waals surface area contributed by atoms with Crippen molar-refractivity contribution in [3.8, 4) is 0 Å². The molecule has 230 valence electrons. The molecule has 1 fully saturated rings. The molecule has 1 N–H and O–H groups in total. The fourth-order valence-electron chi connectivity index (χ4n) is 5.68. The van der Waals surface area contributed by atoms with E-state index in [1.807, 2.05) is 62.4 Å². The summed E-state index contributed by atoms with van der Waals surface area (Å²) >= 11 is 0. The van der Waals surface area contributed by atoms with E-state index in [9.17, 15) is 22.4 Å². The first-order valence-corrected chi connectivity index (χ1v) is 16.8. The third kappa shape index (κ3) is 9.13. The predicted octanol–water partition coefficient (Wildman–Crippen LogP) is 5.69. The van der Waals surface area contributed by atoms with Crippen molar-refractivity contribution in [1.29, 1.82) is 0 Å². The zero-order valence-electron chi connectivity index (χ0n) is 25.3. The lowest BCUT2D eigenvalue weighted by Crippen LogP contribution is -2.52. The minimum absolute atomic E-state index is 0.0417. The first-order valence-electron chi connectivity index (χ1n) is 14.9. The number of hydrogen-bond acceptors (Lipinski definition) is 4. The van der Waals surface area contributed by atoms with Crippen molar-refractivity contribution in [2.24, 2.45) is 0 Å². The van der Waals surface area contributed by atoms with E-state index in [-0.39, 0.29) is 49.6 Å². The second-order valence-electron chi connectivity index (χ2n) is 11.6. The van der Waals surface area contributed by atoms with Crippen LogP contribution in [-0.4, -0.2) is 50.0 Å². The van der Waals surface area contributed by atoms with E-state index in [4.69, 9.17) is 0 Å². The molecule has 1 aliphatic carbocycles. The highest BCUT2D eigenvalue weighted by Crippen LogP contribution is 2.25. The number of halogens is 1. The molecule has 0 saturated heterocycles. The molecule has 0 heterocycles. The van der Waals surface area contributed by atoms with Crippen molar-refractivity contribution in [2.45, 2.75) is 77.4 Å². The number of aryl methyl sites for hydroxylation is 2. The second-order valence-corrected chi connectivity index (χ2v) is 13.5. The van der Waals surface area contributed by atoms with Gasteiger partial charge in [-0.2, -0.15) is 0 Å². The zero-order valence-corrected chi connectivity index (χ0v) is 26.1. The zero-order chi connectivity index (χ0) is 31.0. The minimum atomic E-state index is -3.60. The normalized spacial score (nSPS) is 14.3. The Morgan fingerprint density at radius 3 is 2.28 bits per heavy atom. The van der Waals surface area contributed by atoms with Gasteiger partial charge in [0.05, 0.1) is 11.9 Å². The molecule has 0 unspecified atom stereocenters. The van der Waals surface area contributed by atoms with Crippen LogP contribution in [0.4, 0.5) is 10.1 Å². The SMILES string of the molecule is Cc1ccc(C)c(N(CCCC(=O)N(Cc2ccc(F)cc2)[C@H](Cc2ccccc2)C(=O)NC2CCCC2)S(C)(=O)=O)c1. The van der Waals surface area contributed by atoms with Crippen LogP contribution in [-0.2, 0) is 32.6 Å². The van der Waals surface area contributed by atoms with Crippen molar-refractivity contribution >= 4 is 27.5 Å². The Balaban J connectivity index is 1.59. The van der Waals surface area contributed by atoms with Gasteiger partial charge in [0.2, 0.25) is 21.8 Å². The van der Waals surface area contributed by atoms with Crippen LogP contribution in [0.15, 0.2) is 72.8 Å². The first kappa shape index (κ1) is 32.2. The number of nitrogens with zero attached hydrogens (tertiary/aromatic N) is 2. The maximum atomic E-state index is 14.0. The minimum Gasteiger partial charge on any atom is -0.352 e. The summed E-state index contributed by atoms with van der Waals surface area (Å²) in [5.41, 5.74) is 3.98. The summed E-state index contributed by atoms with van der Waals surface area (Å²) < 4.78 is 40.6. The molecule has 0 bridgehead atoms. The van der Waals surface area contributed by atoms with Gasteiger partial charge in [0.15, 0.2) is 0 Å². The molecular formula is C34H42FN3O4S. The monoisotopic (exact) mass is 607 g/mol. The van der Waals surface area contributed by atoms with Crippen LogP contribution in [0.1, 0.15) is 60.8 Å². The lowest BCUT2D eigenvalue weighted by Gasteiger charge is -2.33. The van der Waals surface area contributed by atoms with Crippen molar-refractivity contribution in [3.05, 3.63) is 101 Å². The van der Waals surface area contributed by atoms with Crippen molar-refractivity contribution < 1.29 is 22.4 Å². The summed E-state index contributed by atoms with van der Waals surface area (Å²) in [6.07, 6.45) is 5.74. The lowest BCUT2D eigenvalue weighted by molar-refractivity contribution is -0.141. The molecule has 1 saturated carbocycles. The summed E-state index contributed by atoms with van der Waals surface area (Å²) in [5.74, 6) is -0.852. The maximum absolute atomic E-state index is 14.0. The van der Waals surface area contributed by atoms with E-state index in [0.717, 1.165) is 42.4 Å². The van der Waals surface area contributed by atoms with Gasteiger partial charge in [-0.3, -0.25) is 13.9 Å². The van der Waals surface area contributed by atoms with Gasteiger partial charge in [-0.1, -0.05) is 67.4 Å². The number of benzene rings is 3. The predicted molar refractivity (Wildman–Crippen MR) is 169 cm³/mol. The fourth-order valence-corrected chi connectivity index (χ4v) is 6.69. The summed E-state index contributed by atoms with van der Waals surface area (Å²) in [7, 11) is -3.60. The average Bonchev–Trinajstić information content (AvgIpc) is 3.48. The van der Waals surface area contributed by atoms with Gasteiger partial charge in [-0.15, -0.1) is 0 Å². The van der Waals surface area contributed by atoms with E-state index in [2.05, 4.69) is 5.32 Å². The Bertz CT molecular complexity index is 1490. The molecule has 3 aromatic rings. The van der Waals surface area contributed by atoms with Crippen molar-refractivity contribution in [1.82, 2.24) is 10.2 Å². The number of sulfonamides is 1. The molecule has 1 atom stereocenters.